The molecule has 0 saturated carbocycles. The second-order valence-corrected chi connectivity index (χ2v) is 8.14. The molecule has 3 heterocycles. The van der Waals surface area contributed by atoms with Crippen LogP contribution in [0.4, 0.5) is 13.2 Å². The van der Waals surface area contributed by atoms with Crippen molar-refractivity contribution in [1.29, 1.82) is 0 Å². The van der Waals surface area contributed by atoms with Crippen molar-refractivity contribution in [3.63, 3.8) is 0 Å². The maximum atomic E-state index is 13.5. The van der Waals surface area contributed by atoms with Crippen LogP contribution in [0.25, 0.3) is 5.69 Å². The highest BCUT2D eigenvalue weighted by Crippen LogP contribution is 2.30. The minimum atomic E-state index is -4.54. The smallest absolute Gasteiger partial charge is 0.376 e. The highest BCUT2D eigenvalue weighted by molar-refractivity contribution is 5.92. The molecule has 0 radical (unpaired) electrons. The largest absolute Gasteiger partial charge is 0.416 e. The van der Waals surface area contributed by atoms with Crippen LogP contribution in [0.15, 0.2) is 59.7 Å². The molecule has 10 heteroatoms. The van der Waals surface area contributed by atoms with Gasteiger partial charge in [-0.25, -0.2) is 4.68 Å². The summed E-state index contributed by atoms with van der Waals surface area (Å²) >= 11 is 0. The van der Waals surface area contributed by atoms with Crippen molar-refractivity contribution in [3.05, 3.63) is 87.6 Å². The molecule has 0 spiro atoms. The highest BCUT2D eigenvalue weighted by Gasteiger charge is 2.31. The van der Waals surface area contributed by atoms with Gasteiger partial charge in [0.25, 0.3) is 5.91 Å². The zero-order valence-corrected chi connectivity index (χ0v) is 18.5. The van der Waals surface area contributed by atoms with Crippen molar-refractivity contribution in [2.45, 2.75) is 38.6 Å². The first-order valence-corrected chi connectivity index (χ1v) is 10.8. The second-order valence-electron chi connectivity index (χ2n) is 8.14. The summed E-state index contributed by atoms with van der Waals surface area (Å²) in [6, 6.07) is 9.33. The van der Waals surface area contributed by atoms with E-state index in [1.165, 1.54) is 27.8 Å². The predicted molar refractivity (Wildman–Crippen MR) is 118 cm³/mol. The number of benzene rings is 1. The van der Waals surface area contributed by atoms with Gasteiger partial charge in [-0.15, -0.1) is 0 Å². The van der Waals surface area contributed by atoms with Crippen LogP contribution in [0, 0.1) is 6.92 Å². The molecule has 4 rings (SSSR count). The van der Waals surface area contributed by atoms with Gasteiger partial charge < -0.3 is 9.64 Å². The molecule has 0 N–H and O–H groups in total. The van der Waals surface area contributed by atoms with Crippen LogP contribution in [-0.4, -0.2) is 44.8 Å². The first-order valence-electron chi connectivity index (χ1n) is 10.8. The van der Waals surface area contributed by atoms with Gasteiger partial charge in [-0.2, -0.15) is 18.3 Å². The number of aryl methyl sites for hydroxylation is 1. The first-order chi connectivity index (χ1) is 16.2. The van der Waals surface area contributed by atoms with Crippen LogP contribution in [0.2, 0.25) is 0 Å². The Balaban J connectivity index is 1.71. The van der Waals surface area contributed by atoms with Crippen molar-refractivity contribution in [2.75, 3.05) is 13.2 Å². The van der Waals surface area contributed by atoms with Crippen molar-refractivity contribution in [2.24, 2.45) is 0 Å². The van der Waals surface area contributed by atoms with E-state index in [4.69, 9.17) is 4.74 Å². The van der Waals surface area contributed by atoms with E-state index in [9.17, 15) is 22.8 Å². The Kier molecular flexibility index (Phi) is 6.78. The van der Waals surface area contributed by atoms with Crippen molar-refractivity contribution in [3.8, 4) is 5.69 Å². The summed E-state index contributed by atoms with van der Waals surface area (Å²) in [5.41, 5.74) is -0.661. The van der Waals surface area contributed by atoms with Gasteiger partial charge in [0.15, 0.2) is 5.69 Å². The van der Waals surface area contributed by atoms with Crippen LogP contribution in [0.3, 0.4) is 0 Å². The Morgan fingerprint density at radius 2 is 2.06 bits per heavy atom. The summed E-state index contributed by atoms with van der Waals surface area (Å²) in [6.07, 6.45) is 0.196. The number of nitrogens with zero attached hydrogens (tertiary/aromatic N) is 4. The van der Waals surface area contributed by atoms with Gasteiger partial charge in [-0.1, -0.05) is 12.1 Å². The number of halogens is 3. The van der Waals surface area contributed by atoms with E-state index in [1.54, 1.807) is 25.4 Å². The molecule has 1 atom stereocenters. The van der Waals surface area contributed by atoms with Gasteiger partial charge in [0.2, 0.25) is 5.43 Å². The average molecular weight is 472 g/mol. The lowest BCUT2D eigenvalue weighted by Crippen LogP contribution is -2.40. The number of pyridine rings is 1. The van der Waals surface area contributed by atoms with Crippen LogP contribution >= 0.6 is 0 Å². The van der Waals surface area contributed by atoms with E-state index in [-0.39, 0.29) is 30.6 Å². The number of amides is 1. The van der Waals surface area contributed by atoms with E-state index < -0.39 is 23.1 Å². The van der Waals surface area contributed by atoms with Gasteiger partial charge in [0.1, 0.15) is 0 Å². The molecule has 0 aliphatic carbocycles. The van der Waals surface area contributed by atoms with Gasteiger partial charge in [0, 0.05) is 43.9 Å². The lowest BCUT2D eigenvalue weighted by molar-refractivity contribution is -0.137. The number of alkyl halides is 3. The minimum Gasteiger partial charge on any atom is -0.376 e. The molecule has 1 aromatic carbocycles. The number of hydrogen-bond acceptors (Lipinski definition) is 5. The lowest BCUT2D eigenvalue weighted by atomic mass is 10.1. The number of hydrogen-bond donors (Lipinski definition) is 0. The molecule has 178 valence electrons. The molecule has 34 heavy (non-hydrogen) atoms. The molecule has 1 aliphatic heterocycles. The normalized spacial score (nSPS) is 15.9. The van der Waals surface area contributed by atoms with Crippen molar-refractivity contribution < 1.29 is 22.7 Å². The second kappa shape index (κ2) is 9.76. The molecular weight excluding hydrogens is 449 g/mol. The molecule has 7 nitrogen and oxygen atoms in total. The quantitative estimate of drug-likeness (QED) is 0.546. The summed E-state index contributed by atoms with van der Waals surface area (Å²) in [7, 11) is 0. The predicted octanol–water partition coefficient (Wildman–Crippen LogP) is 3.78. The average Bonchev–Trinajstić information content (AvgIpc) is 3.32. The summed E-state index contributed by atoms with van der Waals surface area (Å²) < 4.78 is 46.5. The van der Waals surface area contributed by atoms with Gasteiger partial charge in [-0.3, -0.25) is 14.6 Å². The number of aromatic nitrogens is 3. The summed E-state index contributed by atoms with van der Waals surface area (Å²) in [5.74, 6) is -0.620. The molecule has 0 bridgehead atoms. The molecule has 1 aliphatic rings. The van der Waals surface area contributed by atoms with E-state index in [0.717, 1.165) is 30.5 Å². The van der Waals surface area contributed by atoms with Crippen LogP contribution in [0.5, 0.6) is 0 Å². The third-order valence-corrected chi connectivity index (χ3v) is 5.56. The summed E-state index contributed by atoms with van der Waals surface area (Å²) in [5, 5.41) is 4.19. The number of carbonyl (C=O) groups is 1. The minimum absolute atomic E-state index is 0.0966. The Morgan fingerprint density at radius 1 is 1.24 bits per heavy atom. The van der Waals surface area contributed by atoms with E-state index >= 15 is 0 Å². The molecule has 1 fully saturated rings. The fourth-order valence-electron chi connectivity index (χ4n) is 3.89. The third-order valence-electron chi connectivity index (χ3n) is 5.56. The van der Waals surface area contributed by atoms with Crippen molar-refractivity contribution in [1.82, 2.24) is 19.7 Å². The topological polar surface area (TPSA) is 77.3 Å². The Bertz CT molecular complexity index is 1220. The third kappa shape index (κ3) is 5.33. The lowest BCUT2D eigenvalue weighted by Gasteiger charge is -2.25. The highest BCUT2D eigenvalue weighted by atomic mass is 19.4. The molecule has 1 amide bonds. The molecular formula is C24H23F3N4O3. The van der Waals surface area contributed by atoms with Gasteiger partial charge >= 0.3 is 6.18 Å². The SMILES string of the molecule is Cc1cc(=O)c(C(=O)N(Cc2cccnc2)CC2CCCO2)nn1-c1cccc(C(F)(F)F)c1. The Hall–Kier alpha value is -3.53. The number of ether oxygens (including phenoxy) is 1. The van der Waals surface area contributed by atoms with Gasteiger partial charge in [0.05, 0.1) is 17.4 Å². The molecule has 1 saturated heterocycles. The zero-order valence-electron chi connectivity index (χ0n) is 18.5. The summed E-state index contributed by atoms with van der Waals surface area (Å²) in [4.78, 5) is 31.8. The van der Waals surface area contributed by atoms with Crippen LogP contribution < -0.4 is 5.43 Å². The van der Waals surface area contributed by atoms with E-state index in [0.29, 0.717) is 12.3 Å². The molecule has 3 aromatic rings. The number of carbonyl (C=O) groups excluding carboxylic acids is 1. The van der Waals surface area contributed by atoms with Gasteiger partial charge in [-0.05, 0) is 49.6 Å². The first kappa shape index (κ1) is 23.6. The zero-order chi connectivity index (χ0) is 24.3. The van der Waals surface area contributed by atoms with Crippen LogP contribution in [0.1, 0.15) is 40.2 Å². The fourth-order valence-corrected chi connectivity index (χ4v) is 3.89. The fraction of sp³-hybridized carbons (Fsp3) is 0.333. The standard InChI is InChI=1S/C24H23F3N4O3/c1-16-11-21(32)22(29-31(16)19-7-2-6-18(12-19)24(25,26)27)23(33)30(15-20-8-4-10-34-20)14-17-5-3-9-28-13-17/h2-3,5-7,9,11-13,20H,4,8,10,14-15H2,1H3. The van der Waals surface area contributed by atoms with Crippen LogP contribution in [-0.2, 0) is 17.5 Å². The maximum absolute atomic E-state index is 13.5. The molecule has 2 aromatic heterocycles. The monoisotopic (exact) mass is 472 g/mol. The Morgan fingerprint density at radius 3 is 2.74 bits per heavy atom. The van der Waals surface area contributed by atoms with E-state index in [2.05, 4.69) is 10.1 Å². The molecule has 1 unspecified atom stereocenters. The maximum Gasteiger partial charge on any atom is 0.416 e. The van der Waals surface area contributed by atoms with Crippen molar-refractivity contribution >= 4 is 5.91 Å². The number of rotatable bonds is 6. The van der Waals surface area contributed by atoms with E-state index in [1.807, 2.05) is 6.07 Å². The Labute approximate surface area is 193 Å². The summed E-state index contributed by atoms with van der Waals surface area (Å²) in [6.45, 7) is 2.59.